The zero-order valence-corrected chi connectivity index (χ0v) is 11.5. The highest BCUT2D eigenvalue weighted by Gasteiger charge is 2.18. The number of benzene rings is 1. The van der Waals surface area contributed by atoms with Gasteiger partial charge >= 0.3 is 6.01 Å². The summed E-state index contributed by atoms with van der Waals surface area (Å²) in [6.07, 6.45) is 1.40. The molecule has 2 rings (SSSR count). The number of oxazole rings is 1. The minimum atomic E-state index is -0.538. The van der Waals surface area contributed by atoms with Crippen LogP contribution in [-0.4, -0.2) is 22.4 Å². The summed E-state index contributed by atoms with van der Waals surface area (Å²) >= 11 is 0. The van der Waals surface area contributed by atoms with E-state index in [0.29, 0.717) is 17.9 Å². The molecule has 1 aromatic heterocycles. The topological polar surface area (TPSA) is 110 Å². The molecule has 2 aromatic rings. The molecule has 8 heteroatoms. The first kappa shape index (κ1) is 14.5. The monoisotopic (exact) mass is 290 g/mol. The number of rotatable bonds is 5. The summed E-state index contributed by atoms with van der Waals surface area (Å²) in [6.45, 7) is 4.09. The van der Waals surface area contributed by atoms with Crippen molar-refractivity contribution in [3.8, 4) is 0 Å². The highest BCUT2D eigenvalue weighted by Crippen LogP contribution is 2.25. The maximum atomic E-state index is 12.0. The first-order valence-corrected chi connectivity index (χ1v) is 6.27. The van der Waals surface area contributed by atoms with Gasteiger partial charge in [0.25, 0.3) is 11.6 Å². The second kappa shape index (κ2) is 6.04. The summed E-state index contributed by atoms with van der Waals surface area (Å²) in [5, 5.41) is 16.3. The number of nitro groups is 1. The standard InChI is InChI=1S/C13H14N4O4/c1-3-14-10-5-4-9(6-11(10)17(19)20)12(18)16-13-15-8(2)7-21-13/h4-7,14H,3H2,1-2H3,(H,15,16,18). The third-order valence-corrected chi connectivity index (χ3v) is 2.66. The number of carbonyl (C=O) groups excluding carboxylic acids is 1. The lowest BCUT2D eigenvalue weighted by Crippen LogP contribution is -2.13. The Balaban J connectivity index is 2.25. The molecule has 0 radical (unpaired) electrons. The van der Waals surface area contributed by atoms with Gasteiger partial charge in [-0.1, -0.05) is 0 Å². The molecule has 21 heavy (non-hydrogen) atoms. The third kappa shape index (κ3) is 3.35. The molecule has 2 N–H and O–H groups in total. The van der Waals surface area contributed by atoms with Gasteiger partial charge in [0, 0.05) is 18.2 Å². The van der Waals surface area contributed by atoms with Crippen LogP contribution in [0.5, 0.6) is 0 Å². The third-order valence-electron chi connectivity index (χ3n) is 2.66. The van der Waals surface area contributed by atoms with Crippen LogP contribution in [0.2, 0.25) is 0 Å². The van der Waals surface area contributed by atoms with E-state index in [2.05, 4.69) is 15.6 Å². The molecular weight excluding hydrogens is 276 g/mol. The van der Waals surface area contributed by atoms with Gasteiger partial charge < -0.3 is 9.73 Å². The number of hydrogen-bond acceptors (Lipinski definition) is 6. The molecule has 0 unspecified atom stereocenters. The van der Waals surface area contributed by atoms with E-state index in [-0.39, 0.29) is 17.3 Å². The number of hydrogen-bond donors (Lipinski definition) is 2. The van der Waals surface area contributed by atoms with Crippen molar-refractivity contribution >= 4 is 23.3 Å². The lowest BCUT2D eigenvalue weighted by Gasteiger charge is -2.06. The van der Waals surface area contributed by atoms with Gasteiger partial charge in [0.15, 0.2) is 0 Å². The molecule has 0 spiro atoms. The minimum absolute atomic E-state index is 0.0518. The number of anilines is 2. The smallest absolute Gasteiger partial charge is 0.301 e. The van der Waals surface area contributed by atoms with E-state index in [1.807, 2.05) is 6.92 Å². The minimum Gasteiger partial charge on any atom is -0.432 e. The predicted octanol–water partition coefficient (Wildman–Crippen LogP) is 2.58. The van der Waals surface area contributed by atoms with Crippen molar-refractivity contribution in [2.75, 3.05) is 17.2 Å². The van der Waals surface area contributed by atoms with Crippen molar-refractivity contribution in [3.63, 3.8) is 0 Å². The van der Waals surface area contributed by atoms with Crippen LogP contribution in [0.25, 0.3) is 0 Å². The Bertz CT molecular complexity index is 681. The lowest BCUT2D eigenvalue weighted by atomic mass is 10.1. The molecule has 0 fully saturated rings. The van der Waals surface area contributed by atoms with Gasteiger partial charge in [-0.15, -0.1) is 0 Å². The Morgan fingerprint density at radius 3 is 2.81 bits per heavy atom. The summed E-state index contributed by atoms with van der Waals surface area (Å²) in [7, 11) is 0. The van der Waals surface area contributed by atoms with E-state index in [9.17, 15) is 14.9 Å². The first-order chi connectivity index (χ1) is 10.0. The van der Waals surface area contributed by atoms with Crippen LogP contribution in [0.1, 0.15) is 23.0 Å². The second-order valence-electron chi connectivity index (χ2n) is 4.27. The van der Waals surface area contributed by atoms with Gasteiger partial charge in [-0.2, -0.15) is 4.98 Å². The van der Waals surface area contributed by atoms with Gasteiger partial charge in [-0.05, 0) is 26.0 Å². The molecule has 1 aromatic carbocycles. The fraction of sp³-hybridized carbons (Fsp3) is 0.231. The van der Waals surface area contributed by atoms with E-state index in [1.54, 1.807) is 6.92 Å². The van der Waals surface area contributed by atoms with Crippen molar-refractivity contribution in [2.45, 2.75) is 13.8 Å². The highest BCUT2D eigenvalue weighted by atomic mass is 16.6. The van der Waals surface area contributed by atoms with Crippen LogP contribution in [-0.2, 0) is 0 Å². The molecule has 8 nitrogen and oxygen atoms in total. The number of nitrogens with one attached hydrogen (secondary N) is 2. The summed E-state index contributed by atoms with van der Waals surface area (Å²) in [5.74, 6) is -0.525. The van der Waals surface area contributed by atoms with Gasteiger partial charge in [-0.3, -0.25) is 20.2 Å². The number of amides is 1. The molecule has 110 valence electrons. The molecule has 0 saturated heterocycles. The van der Waals surface area contributed by atoms with Gasteiger partial charge in [0.05, 0.1) is 10.6 Å². The number of nitrogens with zero attached hydrogens (tertiary/aromatic N) is 2. The second-order valence-corrected chi connectivity index (χ2v) is 4.27. The number of nitro benzene ring substituents is 1. The van der Waals surface area contributed by atoms with Gasteiger partial charge in [-0.25, -0.2) is 0 Å². The molecular formula is C13H14N4O4. The largest absolute Gasteiger partial charge is 0.432 e. The fourth-order valence-corrected chi connectivity index (χ4v) is 1.74. The summed E-state index contributed by atoms with van der Waals surface area (Å²) in [6, 6.07) is 4.26. The molecule has 0 aliphatic carbocycles. The van der Waals surface area contributed by atoms with E-state index in [0.717, 1.165) is 0 Å². The van der Waals surface area contributed by atoms with Crippen molar-refractivity contribution in [1.29, 1.82) is 0 Å². The van der Waals surface area contributed by atoms with Crippen molar-refractivity contribution in [3.05, 3.63) is 45.8 Å². The number of aryl methyl sites for hydroxylation is 1. The van der Waals surface area contributed by atoms with Gasteiger partial charge in [0.2, 0.25) is 0 Å². The average molecular weight is 290 g/mol. The van der Waals surface area contributed by atoms with Crippen LogP contribution in [0.15, 0.2) is 28.9 Å². The Hall–Kier alpha value is -2.90. The normalized spacial score (nSPS) is 10.2. The Labute approximate surface area is 120 Å². The van der Waals surface area contributed by atoms with E-state index in [4.69, 9.17) is 4.42 Å². The molecule has 1 amide bonds. The Kier molecular flexibility index (Phi) is 4.17. The maximum Gasteiger partial charge on any atom is 0.301 e. The summed E-state index contributed by atoms with van der Waals surface area (Å²) < 4.78 is 5.01. The van der Waals surface area contributed by atoms with Crippen LogP contribution < -0.4 is 10.6 Å². The highest BCUT2D eigenvalue weighted by molar-refractivity contribution is 6.04. The number of carbonyl (C=O) groups is 1. The Morgan fingerprint density at radius 1 is 1.48 bits per heavy atom. The molecule has 1 heterocycles. The maximum absolute atomic E-state index is 12.0. The number of aromatic nitrogens is 1. The van der Waals surface area contributed by atoms with Crippen molar-refractivity contribution in [1.82, 2.24) is 4.98 Å². The SMILES string of the molecule is CCNc1ccc(C(=O)Nc2nc(C)co2)cc1[N+](=O)[O-]. The molecule has 0 saturated carbocycles. The average Bonchev–Trinajstić information content (AvgIpc) is 2.84. The van der Waals surface area contributed by atoms with E-state index in [1.165, 1.54) is 24.5 Å². The predicted molar refractivity (Wildman–Crippen MR) is 76.5 cm³/mol. The van der Waals surface area contributed by atoms with E-state index < -0.39 is 10.8 Å². The molecule has 0 aliphatic heterocycles. The fourth-order valence-electron chi connectivity index (χ4n) is 1.74. The zero-order chi connectivity index (χ0) is 15.4. The Morgan fingerprint density at radius 2 is 2.24 bits per heavy atom. The lowest BCUT2D eigenvalue weighted by molar-refractivity contribution is -0.384. The molecule has 0 aliphatic rings. The molecule has 0 bridgehead atoms. The zero-order valence-electron chi connectivity index (χ0n) is 11.5. The van der Waals surface area contributed by atoms with Gasteiger partial charge in [0.1, 0.15) is 12.0 Å². The summed E-state index contributed by atoms with van der Waals surface area (Å²) in [5.41, 5.74) is 0.983. The van der Waals surface area contributed by atoms with Crippen LogP contribution in [0, 0.1) is 17.0 Å². The van der Waals surface area contributed by atoms with Crippen LogP contribution in [0.3, 0.4) is 0 Å². The summed E-state index contributed by atoms with van der Waals surface area (Å²) in [4.78, 5) is 26.4. The first-order valence-electron chi connectivity index (χ1n) is 6.27. The quantitative estimate of drug-likeness (QED) is 0.646. The van der Waals surface area contributed by atoms with Crippen LogP contribution in [0.4, 0.5) is 17.4 Å². The van der Waals surface area contributed by atoms with Crippen molar-refractivity contribution < 1.29 is 14.1 Å². The van der Waals surface area contributed by atoms with Crippen molar-refractivity contribution in [2.24, 2.45) is 0 Å². The van der Waals surface area contributed by atoms with Crippen LogP contribution >= 0.6 is 0 Å². The molecule has 0 atom stereocenters. The van der Waals surface area contributed by atoms with E-state index >= 15 is 0 Å².